The van der Waals surface area contributed by atoms with Crippen LogP contribution in [0.15, 0.2) is 0 Å². The lowest BCUT2D eigenvalue weighted by atomic mass is 10.1. The number of rotatable bonds is 6. The summed E-state index contributed by atoms with van der Waals surface area (Å²) in [6, 6.07) is 0. The molecule has 1 unspecified atom stereocenters. The number of carbonyl (C=O) groups is 2. The number of nitrogens with two attached hydrogens (primary N) is 1. The Hall–Kier alpha value is -1.35. The second-order valence-electron chi connectivity index (χ2n) is 4.79. The molecule has 1 heterocycles. The molecule has 0 bridgehead atoms. The maximum Gasteiger partial charge on any atom is 0.401 e. The van der Waals surface area contributed by atoms with Crippen LogP contribution in [0.3, 0.4) is 0 Å². The van der Waals surface area contributed by atoms with Crippen LogP contribution in [0.1, 0.15) is 6.42 Å². The van der Waals surface area contributed by atoms with Gasteiger partial charge in [-0.15, -0.1) is 0 Å². The third kappa shape index (κ3) is 6.71. The molecule has 0 aliphatic carbocycles. The van der Waals surface area contributed by atoms with Crippen LogP contribution in [0.5, 0.6) is 0 Å². The van der Waals surface area contributed by atoms with Crippen molar-refractivity contribution in [2.45, 2.75) is 12.6 Å². The Balaban J connectivity index is 2.17. The lowest BCUT2D eigenvalue weighted by Gasteiger charge is -2.18. The minimum atomic E-state index is -4.19. The number of nitrogens with one attached hydrogen (secondary N) is 2. The Morgan fingerprint density at radius 1 is 1.25 bits per heavy atom. The average molecular weight is 296 g/mol. The molecular weight excluding hydrogens is 277 g/mol. The molecule has 0 aromatic rings. The molecule has 20 heavy (non-hydrogen) atoms. The Morgan fingerprint density at radius 2 is 1.95 bits per heavy atom. The van der Waals surface area contributed by atoms with Crippen LogP contribution in [-0.2, 0) is 9.59 Å². The summed E-state index contributed by atoms with van der Waals surface area (Å²) in [6.07, 6.45) is -3.57. The van der Waals surface area contributed by atoms with Crippen LogP contribution in [0.25, 0.3) is 0 Å². The number of hydrogen-bond acceptors (Lipinski definition) is 4. The van der Waals surface area contributed by atoms with Gasteiger partial charge in [0.05, 0.1) is 19.6 Å². The third-order valence-electron chi connectivity index (χ3n) is 2.99. The van der Waals surface area contributed by atoms with Crippen molar-refractivity contribution in [3.63, 3.8) is 0 Å². The number of amides is 2. The van der Waals surface area contributed by atoms with Crippen LogP contribution < -0.4 is 16.4 Å². The number of carbonyl (C=O) groups excluding carboxylic acids is 2. The van der Waals surface area contributed by atoms with Gasteiger partial charge in [-0.25, -0.2) is 0 Å². The Morgan fingerprint density at radius 3 is 2.55 bits per heavy atom. The van der Waals surface area contributed by atoms with Gasteiger partial charge in [0.25, 0.3) is 0 Å². The smallest absolute Gasteiger partial charge is 0.354 e. The van der Waals surface area contributed by atoms with Gasteiger partial charge < -0.3 is 16.4 Å². The first kappa shape index (κ1) is 16.7. The van der Waals surface area contributed by atoms with Crippen LogP contribution in [0.2, 0.25) is 0 Å². The Kier molecular flexibility index (Phi) is 6.21. The van der Waals surface area contributed by atoms with Gasteiger partial charge in [-0.2, -0.15) is 13.2 Å². The van der Waals surface area contributed by atoms with Gasteiger partial charge in [0.2, 0.25) is 11.8 Å². The van der Waals surface area contributed by atoms with Gasteiger partial charge in [0, 0.05) is 13.1 Å². The maximum atomic E-state index is 12.2. The van der Waals surface area contributed by atoms with E-state index in [0.29, 0.717) is 26.1 Å². The molecule has 1 rings (SSSR count). The van der Waals surface area contributed by atoms with E-state index in [1.807, 2.05) is 0 Å². The average Bonchev–Trinajstić information content (AvgIpc) is 2.78. The van der Waals surface area contributed by atoms with E-state index < -0.39 is 18.6 Å². The molecule has 9 heteroatoms. The number of halogens is 3. The molecular formula is C11H19F3N4O2. The molecule has 0 aromatic carbocycles. The van der Waals surface area contributed by atoms with Crippen molar-refractivity contribution in [2.75, 3.05) is 39.3 Å². The number of alkyl halides is 3. The summed E-state index contributed by atoms with van der Waals surface area (Å²) in [4.78, 5) is 23.5. The maximum absolute atomic E-state index is 12.2. The summed E-state index contributed by atoms with van der Waals surface area (Å²) < 4.78 is 36.6. The summed E-state index contributed by atoms with van der Waals surface area (Å²) >= 11 is 0. The van der Waals surface area contributed by atoms with E-state index in [0.717, 1.165) is 0 Å². The number of nitrogens with zero attached hydrogens (tertiary/aromatic N) is 1. The second-order valence-corrected chi connectivity index (χ2v) is 4.79. The molecule has 4 N–H and O–H groups in total. The molecule has 0 aromatic heterocycles. The summed E-state index contributed by atoms with van der Waals surface area (Å²) in [6.45, 7) is -0.272. The van der Waals surface area contributed by atoms with Crippen molar-refractivity contribution < 1.29 is 22.8 Å². The van der Waals surface area contributed by atoms with Crippen LogP contribution in [0, 0.1) is 5.92 Å². The van der Waals surface area contributed by atoms with Crippen molar-refractivity contribution in [1.82, 2.24) is 15.5 Å². The zero-order valence-corrected chi connectivity index (χ0v) is 11.0. The summed E-state index contributed by atoms with van der Waals surface area (Å²) in [5, 5.41) is 4.90. The Labute approximate surface area is 114 Å². The molecule has 1 aliphatic rings. The largest absolute Gasteiger partial charge is 0.401 e. The molecule has 1 fully saturated rings. The molecule has 2 amide bonds. The highest BCUT2D eigenvalue weighted by atomic mass is 19.4. The molecule has 1 saturated heterocycles. The van der Waals surface area contributed by atoms with E-state index in [2.05, 4.69) is 10.6 Å². The van der Waals surface area contributed by atoms with Gasteiger partial charge >= 0.3 is 6.18 Å². The molecule has 1 aliphatic heterocycles. The van der Waals surface area contributed by atoms with Gasteiger partial charge in [0.15, 0.2) is 0 Å². The van der Waals surface area contributed by atoms with Crippen LogP contribution in [-0.4, -0.2) is 62.2 Å². The van der Waals surface area contributed by atoms with E-state index in [9.17, 15) is 22.8 Å². The van der Waals surface area contributed by atoms with Crippen LogP contribution in [0.4, 0.5) is 13.2 Å². The fraction of sp³-hybridized carbons (Fsp3) is 0.818. The fourth-order valence-corrected chi connectivity index (χ4v) is 2.05. The second kappa shape index (κ2) is 7.44. The van der Waals surface area contributed by atoms with Gasteiger partial charge in [-0.1, -0.05) is 0 Å². The monoisotopic (exact) mass is 296 g/mol. The van der Waals surface area contributed by atoms with E-state index in [1.165, 1.54) is 4.90 Å². The van der Waals surface area contributed by atoms with Crippen molar-refractivity contribution in [3.8, 4) is 0 Å². The minimum absolute atomic E-state index is 0.00603. The third-order valence-corrected chi connectivity index (χ3v) is 2.99. The first-order chi connectivity index (χ1) is 9.30. The molecule has 116 valence electrons. The van der Waals surface area contributed by atoms with Crippen molar-refractivity contribution in [3.05, 3.63) is 0 Å². The summed E-state index contributed by atoms with van der Waals surface area (Å²) in [5.74, 6) is -0.801. The van der Waals surface area contributed by atoms with E-state index in [4.69, 9.17) is 5.73 Å². The van der Waals surface area contributed by atoms with Gasteiger partial charge in [0.1, 0.15) is 0 Å². The highest BCUT2D eigenvalue weighted by molar-refractivity contribution is 5.85. The molecule has 0 spiro atoms. The van der Waals surface area contributed by atoms with Gasteiger partial charge in [-0.3, -0.25) is 14.5 Å². The topological polar surface area (TPSA) is 87.5 Å². The zero-order chi connectivity index (χ0) is 15.2. The van der Waals surface area contributed by atoms with E-state index in [1.54, 1.807) is 0 Å². The molecule has 0 radical (unpaired) electrons. The predicted molar refractivity (Wildman–Crippen MR) is 65.7 cm³/mol. The Bertz CT molecular complexity index is 349. The van der Waals surface area contributed by atoms with Crippen molar-refractivity contribution in [2.24, 2.45) is 11.7 Å². The number of hydrogen-bond donors (Lipinski definition) is 3. The van der Waals surface area contributed by atoms with E-state index >= 15 is 0 Å². The molecule has 6 nitrogen and oxygen atoms in total. The zero-order valence-electron chi connectivity index (χ0n) is 11.0. The summed E-state index contributed by atoms with van der Waals surface area (Å²) in [5.41, 5.74) is 5.06. The van der Waals surface area contributed by atoms with Crippen molar-refractivity contribution >= 4 is 11.8 Å². The molecule has 1 atom stereocenters. The highest BCUT2D eigenvalue weighted by Gasteiger charge is 2.34. The minimum Gasteiger partial charge on any atom is -0.354 e. The quantitative estimate of drug-likeness (QED) is 0.590. The number of likely N-dealkylation sites (tertiary alicyclic amines) is 1. The van der Waals surface area contributed by atoms with E-state index in [-0.39, 0.29) is 24.9 Å². The lowest BCUT2D eigenvalue weighted by molar-refractivity contribution is -0.143. The molecule has 0 saturated carbocycles. The SMILES string of the molecule is NCC(=O)NCC(=O)NCC1CCN(CC(F)(F)F)C1. The predicted octanol–water partition coefficient (Wildman–Crippen LogP) is -0.938. The van der Waals surface area contributed by atoms with Crippen molar-refractivity contribution in [1.29, 1.82) is 0 Å². The normalized spacial score (nSPS) is 19.9. The van der Waals surface area contributed by atoms with Crippen LogP contribution >= 0.6 is 0 Å². The highest BCUT2D eigenvalue weighted by Crippen LogP contribution is 2.22. The lowest BCUT2D eigenvalue weighted by Crippen LogP contribution is -2.41. The summed E-state index contributed by atoms with van der Waals surface area (Å²) in [7, 11) is 0. The fourth-order valence-electron chi connectivity index (χ4n) is 2.05. The first-order valence-electron chi connectivity index (χ1n) is 6.32. The first-order valence-corrected chi connectivity index (χ1v) is 6.32. The van der Waals surface area contributed by atoms with Gasteiger partial charge in [-0.05, 0) is 18.9 Å². The standard InChI is InChI=1S/C11H19F3N4O2/c12-11(13,14)7-18-2-1-8(6-18)4-16-10(20)5-17-9(19)3-15/h8H,1-7,15H2,(H,16,20)(H,17,19).